The Morgan fingerprint density at radius 1 is 1.17 bits per heavy atom. The molecule has 6 nitrogen and oxygen atoms in total. The Balaban J connectivity index is 1.77. The zero-order valence-corrected chi connectivity index (χ0v) is 18.2. The molecule has 0 aliphatic heterocycles. The Morgan fingerprint density at radius 3 is 2.67 bits per heavy atom. The van der Waals surface area contributed by atoms with Crippen molar-refractivity contribution in [2.24, 2.45) is 0 Å². The molecule has 1 N–H and O–H groups in total. The standard InChI is InChI=1S/C23H27N3O3S/c1-3-29-15-9-14-26-22(28)19-12-7-8-13-20(19)25-23(26)30-17(2)21(27)24-16-18-10-5-4-6-11-18/h4-8,10-13,17H,3,9,14-16H2,1-2H3,(H,24,27)/t17-/m1/s1. The van der Waals surface area contributed by atoms with Crippen LogP contribution in [0.3, 0.4) is 0 Å². The van der Waals surface area contributed by atoms with Crippen molar-refractivity contribution >= 4 is 28.6 Å². The lowest BCUT2D eigenvalue weighted by atomic mass is 10.2. The van der Waals surface area contributed by atoms with Crippen LogP contribution in [0.25, 0.3) is 10.9 Å². The summed E-state index contributed by atoms with van der Waals surface area (Å²) in [6.07, 6.45) is 0.704. The van der Waals surface area contributed by atoms with Crippen LogP contribution >= 0.6 is 11.8 Å². The third-order valence-corrected chi connectivity index (χ3v) is 5.75. The van der Waals surface area contributed by atoms with Crippen LogP contribution in [-0.2, 0) is 22.6 Å². The van der Waals surface area contributed by atoms with E-state index in [0.29, 0.717) is 48.8 Å². The van der Waals surface area contributed by atoms with Crippen LogP contribution in [0.1, 0.15) is 25.8 Å². The molecule has 3 rings (SSSR count). The highest BCUT2D eigenvalue weighted by Gasteiger charge is 2.19. The Morgan fingerprint density at radius 2 is 1.90 bits per heavy atom. The zero-order valence-electron chi connectivity index (χ0n) is 17.3. The molecule has 0 radical (unpaired) electrons. The van der Waals surface area contributed by atoms with E-state index < -0.39 is 0 Å². The molecule has 7 heteroatoms. The first kappa shape index (κ1) is 22.1. The number of ether oxygens (including phenoxy) is 1. The number of hydrogen-bond acceptors (Lipinski definition) is 5. The molecule has 0 fully saturated rings. The van der Waals surface area contributed by atoms with Crippen molar-refractivity contribution in [3.63, 3.8) is 0 Å². The van der Waals surface area contributed by atoms with Gasteiger partial charge in [-0.2, -0.15) is 0 Å². The maximum atomic E-state index is 13.0. The quantitative estimate of drug-likeness (QED) is 0.305. The predicted octanol–water partition coefficient (Wildman–Crippen LogP) is 3.62. The summed E-state index contributed by atoms with van der Waals surface area (Å²) in [5.41, 5.74) is 1.60. The molecular formula is C23H27N3O3S. The molecule has 1 atom stereocenters. The first-order valence-electron chi connectivity index (χ1n) is 10.2. The molecule has 3 aromatic rings. The maximum Gasteiger partial charge on any atom is 0.262 e. The largest absolute Gasteiger partial charge is 0.382 e. The number of amides is 1. The third kappa shape index (κ3) is 5.70. The number of thioether (sulfide) groups is 1. The van der Waals surface area contributed by atoms with Gasteiger partial charge in [0.25, 0.3) is 5.56 Å². The Labute approximate surface area is 180 Å². The molecule has 1 aromatic heterocycles. The van der Waals surface area contributed by atoms with E-state index in [1.165, 1.54) is 11.8 Å². The molecule has 0 spiro atoms. The number of fused-ring (bicyclic) bond motifs is 1. The number of nitrogens with zero attached hydrogens (tertiary/aromatic N) is 2. The van der Waals surface area contributed by atoms with Gasteiger partial charge in [0, 0.05) is 26.3 Å². The summed E-state index contributed by atoms with van der Waals surface area (Å²) in [7, 11) is 0. The van der Waals surface area contributed by atoms with Gasteiger partial charge in [-0.15, -0.1) is 0 Å². The van der Waals surface area contributed by atoms with Gasteiger partial charge < -0.3 is 10.1 Å². The number of aromatic nitrogens is 2. The second-order valence-electron chi connectivity index (χ2n) is 6.88. The number of rotatable bonds is 10. The normalized spacial score (nSPS) is 12.1. The lowest BCUT2D eigenvalue weighted by molar-refractivity contribution is -0.120. The van der Waals surface area contributed by atoms with Crippen LogP contribution in [0.2, 0.25) is 0 Å². The highest BCUT2D eigenvalue weighted by molar-refractivity contribution is 8.00. The first-order chi connectivity index (χ1) is 14.6. The van der Waals surface area contributed by atoms with Crippen molar-refractivity contribution in [3.05, 3.63) is 70.5 Å². The summed E-state index contributed by atoms with van der Waals surface area (Å²) in [4.78, 5) is 30.3. The summed E-state index contributed by atoms with van der Waals surface area (Å²) in [5.74, 6) is -0.0906. The Hall–Kier alpha value is -2.64. The highest BCUT2D eigenvalue weighted by atomic mass is 32.2. The minimum Gasteiger partial charge on any atom is -0.382 e. The molecule has 1 heterocycles. The lowest BCUT2D eigenvalue weighted by Gasteiger charge is -2.16. The van der Waals surface area contributed by atoms with Crippen molar-refractivity contribution in [1.82, 2.24) is 14.9 Å². The van der Waals surface area contributed by atoms with Crippen LogP contribution in [-0.4, -0.2) is 33.9 Å². The summed E-state index contributed by atoms with van der Waals surface area (Å²) < 4.78 is 7.07. The van der Waals surface area contributed by atoms with E-state index in [9.17, 15) is 9.59 Å². The van der Waals surface area contributed by atoms with Crippen molar-refractivity contribution in [2.75, 3.05) is 13.2 Å². The molecule has 30 heavy (non-hydrogen) atoms. The van der Waals surface area contributed by atoms with E-state index in [0.717, 1.165) is 5.56 Å². The molecule has 2 aromatic carbocycles. The van der Waals surface area contributed by atoms with Crippen molar-refractivity contribution < 1.29 is 9.53 Å². The van der Waals surface area contributed by atoms with Gasteiger partial charge >= 0.3 is 0 Å². The fraction of sp³-hybridized carbons (Fsp3) is 0.348. The molecule has 0 bridgehead atoms. The van der Waals surface area contributed by atoms with E-state index in [4.69, 9.17) is 4.74 Å². The molecule has 0 aliphatic rings. The molecule has 0 saturated heterocycles. The fourth-order valence-electron chi connectivity index (χ4n) is 3.04. The average Bonchev–Trinajstić information content (AvgIpc) is 2.77. The molecule has 158 valence electrons. The van der Waals surface area contributed by atoms with Gasteiger partial charge in [0.1, 0.15) is 0 Å². The summed E-state index contributed by atoms with van der Waals surface area (Å²) in [6.45, 7) is 5.96. The first-order valence-corrected chi connectivity index (χ1v) is 11.0. The van der Waals surface area contributed by atoms with E-state index in [2.05, 4.69) is 10.3 Å². The fourth-order valence-corrected chi connectivity index (χ4v) is 4.00. The number of nitrogens with one attached hydrogen (secondary N) is 1. The molecular weight excluding hydrogens is 398 g/mol. The average molecular weight is 426 g/mol. The van der Waals surface area contributed by atoms with Crippen LogP contribution in [0.5, 0.6) is 0 Å². The molecule has 1 amide bonds. The second-order valence-corrected chi connectivity index (χ2v) is 8.19. The van der Waals surface area contributed by atoms with E-state index in [1.54, 1.807) is 10.6 Å². The second kappa shape index (κ2) is 10.9. The minimum absolute atomic E-state index is 0.0866. The molecule has 0 aliphatic carbocycles. The number of carbonyl (C=O) groups excluding carboxylic acids is 1. The summed E-state index contributed by atoms with van der Waals surface area (Å²) >= 11 is 1.31. The monoisotopic (exact) mass is 425 g/mol. The van der Waals surface area contributed by atoms with Gasteiger partial charge in [0.2, 0.25) is 5.91 Å². The van der Waals surface area contributed by atoms with Gasteiger partial charge in [0.15, 0.2) is 5.16 Å². The van der Waals surface area contributed by atoms with Crippen LogP contribution in [0.15, 0.2) is 64.5 Å². The van der Waals surface area contributed by atoms with Crippen LogP contribution < -0.4 is 10.9 Å². The van der Waals surface area contributed by atoms with Gasteiger partial charge in [-0.1, -0.05) is 54.2 Å². The van der Waals surface area contributed by atoms with Gasteiger partial charge in [-0.25, -0.2) is 4.98 Å². The lowest BCUT2D eigenvalue weighted by Crippen LogP contribution is -2.31. The van der Waals surface area contributed by atoms with Gasteiger partial charge in [0.05, 0.1) is 16.2 Å². The number of carbonyl (C=O) groups is 1. The maximum absolute atomic E-state index is 13.0. The van der Waals surface area contributed by atoms with Gasteiger partial charge in [-0.05, 0) is 38.0 Å². The van der Waals surface area contributed by atoms with Crippen molar-refractivity contribution in [3.8, 4) is 0 Å². The number of para-hydroxylation sites is 1. The van der Waals surface area contributed by atoms with E-state index >= 15 is 0 Å². The molecule has 0 saturated carbocycles. The number of hydrogen-bond donors (Lipinski definition) is 1. The van der Waals surface area contributed by atoms with Crippen LogP contribution in [0.4, 0.5) is 0 Å². The highest BCUT2D eigenvalue weighted by Crippen LogP contribution is 2.23. The smallest absolute Gasteiger partial charge is 0.262 e. The Kier molecular flexibility index (Phi) is 8.04. The van der Waals surface area contributed by atoms with Crippen molar-refractivity contribution in [2.45, 2.75) is 43.8 Å². The third-order valence-electron chi connectivity index (χ3n) is 4.66. The van der Waals surface area contributed by atoms with E-state index in [1.807, 2.05) is 62.4 Å². The van der Waals surface area contributed by atoms with E-state index in [-0.39, 0.29) is 16.7 Å². The predicted molar refractivity (Wildman–Crippen MR) is 121 cm³/mol. The Bertz CT molecular complexity index is 1040. The summed E-state index contributed by atoms with van der Waals surface area (Å²) in [5, 5.41) is 3.70. The molecule has 0 unspecified atom stereocenters. The van der Waals surface area contributed by atoms with Crippen LogP contribution in [0, 0.1) is 0 Å². The summed E-state index contributed by atoms with van der Waals surface area (Å²) in [6, 6.07) is 17.1. The van der Waals surface area contributed by atoms with Gasteiger partial charge in [-0.3, -0.25) is 14.2 Å². The zero-order chi connectivity index (χ0) is 21.3. The topological polar surface area (TPSA) is 73.2 Å². The minimum atomic E-state index is -0.389. The SMILES string of the molecule is CCOCCCn1c(S[C@H](C)C(=O)NCc2ccccc2)nc2ccccc2c1=O. The number of benzene rings is 2. The van der Waals surface area contributed by atoms with Crippen molar-refractivity contribution in [1.29, 1.82) is 0 Å².